The van der Waals surface area contributed by atoms with Crippen LogP contribution in [0.1, 0.15) is 0 Å². The van der Waals surface area contributed by atoms with E-state index in [0.717, 1.165) is 11.3 Å². The van der Waals surface area contributed by atoms with Crippen molar-refractivity contribution >= 4 is 8.05 Å². The molecule has 0 aliphatic heterocycles. The molecule has 3 aromatic rings. The van der Waals surface area contributed by atoms with Crippen LogP contribution in [0.3, 0.4) is 0 Å². The van der Waals surface area contributed by atoms with Crippen molar-refractivity contribution in [1.29, 1.82) is 0 Å². The first-order chi connectivity index (χ1) is 9.90. The summed E-state index contributed by atoms with van der Waals surface area (Å²) in [4.78, 5) is 0. The summed E-state index contributed by atoms with van der Waals surface area (Å²) in [7, 11) is 1.72. The molecule has 0 bridgehead atoms. The Morgan fingerprint density at radius 2 is 1.20 bits per heavy atom. The summed E-state index contributed by atoms with van der Waals surface area (Å²) in [5, 5.41) is 0. The number of hydrogen-bond donors (Lipinski definition) is 0. The van der Waals surface area contributed by atoms with Gasteiger partial charge in [0.1, 0.15) is 5.75 Å². The average molecular weight is 258 g/mol. The molecule has 0 aromatic heterocycles. The summed E-state index contributed by atoms with van der Waals surface area (Å²) >= 11 is 0. The lowest BCUT2D eigenvalue weighted by Crippen LogP contribution is -1.92. The van der Waals surface area contributed by atoms with Crippen LogP contribution in [0, 0.1) is 0 Å². The molecule has 0 aliphatic rings. The van der Waals surface area contributed by atoms with E-state index in [-0.39, 0.29) is 0 Å². The van der Waals surface area contributed by atoms with Crippen LogP contribution in [-0.4, -0.2) is 8.05 Å². The summed E-state index contributed by atoms with van der Waals surface area (Å²) < 4.78 is 5.56. The van der Waals surface area contributed by atoms with Crippen LogP contribution in [0.25, 0.3) is 22.3 Å². The van der Waals surface area contributed by atoms with Crippen molar-refractivity contribution in [3.8, 4) is 28.0 Å². The summed E-state index contributed by atoms with van der Waals surface area (Å²) in [6.45, 7) is 0. The Labute approximate surface area is 120 Å². The highest BCUT2D eigenvalue weighted by atomic mass is 16.4. The van der Waals surface area contributed by atoms with Crippen LogP contribution < -0.4 is 4.65 Å². The Balaban J connectivity index is 2.26. The van der Waals surface area contributed by atoms with E-state index in [1.165, 1.54) is 16.7 Å². The van der Waals surface area contributed by atoms with Gasteiger partial charge in [0.2, 0.25) is 0 Å². The van der Waals surface area contributed by atoms with Crippen LogP contribution in [0.15, 0.2) is 78.9 Å². The van der Waals surface area contributed by atoms with E-state index < -0.39 is 0 Å². The first-order valence-corrected chi connectivity index (χ1v) is 6.68. The maximum absolute atomic E-state index is 5.56. The highest BCUT2D eigenvalue weighted by Crippen LogP contribution is 2.38. The number of rotatable bonds is 3. The van der Waals surface area contributed by atoms with Crippen molar-refractivity contribution in [2.75, 3.05) is 0 Å². The summed E-state index contributed by atoms with van der Waals surface area (Å²) in [5.74, 6) is 0.901. The lowest BCUT2D eigenvalue weighted by Gasteiger charge is -2.15. The van der Waals surface area contributed by atoms with Crippen LogP contribution in [0.2, 0.25) is 0 Å². The van der Waals surface area contributed by atoms with E-state index in [2.05, 4.69) is 54.6 Å². The van der Waals surface area contributed by atoms with Gasteiger partial charge in [-0.2, -0.15) is 0 Å². The molecule has 0 fully saturated rings. The Kier molecular flexibility index (Phi) is 3.55. The van der Waals surface area contributed by atoms with Gasteiger partial charge in [-0.3, -0.25) is 0 Å². The van der Waals surface area contributed by atoms with Gasteiger partial charge in [-0.15, -0.1) is 0 Å². The molecule has 2 heteroatoms. The lowest BCUT2D eigenvalue weighted by molar-refractivity contribution is 0.619. The van der Waals surface area contributed by atoms with Crippen LogP contribution in [0.4, 0.5) is 0 Å². The SMILES string of the molecule is BOc1cccc(-c2ccccc2)c1-c1ccccc1. The van der Waals surface area contributed by atoms with Crippen molar-refractivity contribution in [3.63, 3.8) is 0 Å². The quantitative estimate of drug-likeness (QED) is 0.646. The average Bonchev–Trinajstić information content (AvgIpc) is 2.55. The van der Waals surface area contributed by atoms with Gasteiger partial charge in [-0.05, 0) is 22.8 Å². The zero-order valence-electron chi connectivity index (χ0n) is 11.4. The predicted octanol–water partition coefficient (Wildman–Crippen LogP) is 3.95. The van der Waals surface area contributed by atoms with Gasteiger partial charge >= 0.3 is 8.05 Å². The van der Waals surface area contributed by atoms with Crippen molar-refractivity contribution < 1.29 is 4.65 Å². The molecule has 0 aliphatic carbocycles. The first-order valence-electron chi connectivity index (χ1n) is 6.68. The van der Waals surface area contributed by atoms with Crippen molar-refractivity contribution in [2.45, 2.75) is 0 Å². The molecule has 0 saturated carbocycles. The van der Waals surface area contributed by atoms with Gasteiger partial charge in [0.05, 0.1) is 0 Å². The third kappa shape index (κ3) is 2.33. The minimum absolute atomic E-state index is 0.901. The molecule has 3 rings (SSSR count). The molecule has 0 amide bonds. The fraction of sp³-hybridized carbons (Fsp3) is 0. The highest BCUT2D eigenvalue weighted by molar-refractivity contribution is 6.01. The molecule has 0 spiro atoms. The zero-order chi connectivity index (χ0) is 13.8. The summed E-state index contributed by atoms with van der Waals surface area (Å²) in [6.07, 6.45) is 0. The minimum atomic E-state index is 0.901. The van der Waals surface area contributed by atoms with Crippen LogP contribution >= 0.6 is 0 Å². The molecule has 0 heterocycles. The zero-order valence-corrected chi connectivity index (χ0v) is 11.4. The molecule has 0 saturated heterocycles. The van der Waals surface area contributed by atoms with Gasteiger partial charge in [-0.25, -0.2) is 0 Å². The number of hydrogen-bond acceptors (Lipinski definition) is 1. The Morgan fingerprint density at radius 1 is 0.600 bits per heavy atom. The van der Waals surface area contributed by atoms with Gasteiger partial charge in [0.25, 0.3) is 0 Å². The Hall–Kier alpha value is -2.48. The third-order valence-electron chi connectivity index (χ3n) is 3.39. The first kappa shape index (κ1) is 12.6. The van der Waals surface area contributed by atoms with E-state index in [4.69, 9.17) is 4.65 Å². The third-order valence-corrected chi connectivity index (χ3v) is 3.39. The van der Waals surface area contributed by atoms with Crippen LogP contribution in [-0.2, 0) is 0 Å². The Morgan fingerprint density at radius 3 is 1.80 bits per heavy atom. The molecule has 0 radical (unpaired) electrons. The fourth-order valence-corrected chi connectivity index (χ4v) is 2.46. The van der Waals surface area contributed by atoms with E-state index in [0.29, 0.717) is 0 Å². The molecule has 96 valence electrons. The molecule has 1 nitrogen and oxygen atoms in total. The van der Waals surface area contributed by atoms with Gasteiger partial charge in [-0.1, -0.05) is 72.8 Å². The Bertz CT molecular complexity index is 693. The molecule has 20 heavy (non-hydrogen) atoms. The largest absolute Gasteiger partial charge is 0.567 e. The van der Waals surface area contributed by atoms with Crippen molar-refractivity contribution in [3.05, 3.63) is 78.9 Å². The summed E-state index contributed by atoms with van der Waals surface area (Å²) in [6, 6.07) is 27.0. The molecule has 3 aromatic carbocycles. The highest BCUT2D eigenvalue weighted by Gasteiger charge is 2.11. The second kappa shape index (κ2) is 5.66. The summed E-state index contributed by atoms with van der Waals surface area (Å²) in [5.41, 5.74) is 4.70. The fourth-order valence-electron chi connectivity index (χ4n) is 2.46. The molecular formula is C18H15BO. The molecule has 0 unspecified atom stereocenters. The van der Waals surface area contributed by atoms with Gasteiger partial charge < -0.3 is 4.65 Å². The van der Waals surface area contributed by atoms with Gasteiger partial charge in [0, 0.05) is 5.56 Å². The maximum atomic E-state index is 5.56. The van der Waals surface area contributed by atoms with Crippen molar-refractivity contribution in [2.24, 2.45) is 0 Å². The monoisotopic (exact) mass is 258 g/mol. The standard InChI is InChI=1S/C18H15BO/c19-20-17-13-7-12-16(14-8-3-1-4-9-14)18(17)15-10-5-2-6-11-15/h1-13H,19H2. The van der Waals surface area contributed by atoms with Crippen LogP contribution in [0.5, 0.6) is 5.75 Å². The van der Waals surface area contributed by atoms with E-state index in [9.17, 15) is 0 Å². The number of benzene rings is 3. The van der Waals surface area contributed by atoms with Crippen molar-refractivity contribution in [1.82, 2.24) is 0 Å². The van der Waals surface area contributed by atoms with E-state index >= 15 is 0 Å². The van der Waals surface area contributed by atoms with Gasteiger partial charge in [0.15, 0.2) is 0 Å². The molecule has 0 N–H and O–H groups in total. The van der Waals surface area contributed by atoms with E-state index in [1.54, 1.807) is 8.05 Å². The minimum Gasteiger partial charge on any atom is -0.567 e. The predicted molar refractivity (Wildman–Crippen MR) is 86.5 cm³/mol. The normalized spacial score (nSPS) is 10.2. The topological polar surface area (TPSA) is 9.23 Å². The molecular weight excluding hydrogens is 243 g/mol. The van der Waals surface area contributed by atoms with E-state index in [1.807, 2.05) is 24.3 Å². The smallest absolute Gasteiger partial charge is 0.322 e. The molecule has 0 atom stereocenters. The lowest BCUT2D eigenvalue weighted by atomic mass is 9.93. The second-order valence-electron chi connectivity index (χ2n) is 4.61. The second-order valence-corrected chi connectivity index (χ2v) is 4.61. The maximum Gasteiger partial charge on any atom is 0.322 e.